The molecule has 0 amide bonds. The van der Waals surface area contributed by atoms with Crippen LogP contribution in [0.4, 0.5) is 0 Å². The molecule has 0 radical (unpaired) electrons. The van der Waals surface area contributed by atoms with Crippen molar-refractivity contribution in [2.24, 2.45) is 0 Å². The second-order valence-electron chi connectivity index (χ2n) is 2.73. The number of hydrogen-bond donors (Lipinski definition) is 0. The standard InChI is InChI=1S/C10H7ClO3/c11-8-4-7(2-1-3-12)5-9-10(8)14-6-13-9/h1-5H,6H2. The van der Waals surface area contributed by atoms with Gasteiger partial charge in [0.15, 0.2) is 11.5 Å². The summed E-state index contributed by atoms with van der Waals surface area (Å²) in [5, 5.41) is 0.491. The third kappa shape index (κ3) is 1.59. The van der Waals surface area contributed by atoms with E-state index < -0.39 is 0 Å². The number of ether oxygens (including phenoxy) is 2. The van der Waals surface area contributed by atoms with Gasteiger partial charge in [-0.2, -0.15) is 0 Å². The fourth-order valence-electron chi connectivity index (χ4n) is 1.23. The van der Waals surface area contributed by atoms with Crippen molar-refractivity contribution in [1.29, 1.82) is 0 Å². The molecule has 0 unspecified atom stereocenters. The Hall–Kier alpha value is -1.48. The van der Waals surface area contributed by atoms with Crippen LogP contribution in [0.1, 0.15) is 5.56 Å². The molecule has 2 rings (SSSR count). The number of benzene rings is 1. The van der Waals surface area contributed by atoms with Crippen molar-refractivity contribution in [3.05, 3.63) is 28.8 Å². The quantitative estimate of drug-likeness (QED) is 0.555. The molecule has 0 fully saturated rings. The van der Waals surface area contributed by atoms with Gasteiger partial charge in [-0.15, -0.1) is 0 Å². The first-order valence-corrected chi connectivity index (χ1v) is 4.40. The maximum atomic E-state index is 10.1. The fourth-order valence-corrected chi connectivity index (χ4v) is 1.51. The summed E-state index contributed by atoms with van der Waals surface area (Å²) in [5.74, 6) is 1.18. The van der Waals surface area contributed by atoms with Crippen LogP contribution < -0.4 is 9.47 Å². The molecule has 0 N–H and O–H groups in total. The summed E-state index contributed by atoms with van der Waals surface area (Å²) in [6, 6.07) is 3.49. The molecule has 3 nitrogen and oxygen atoms in total. The zero-order chi connectivity index (χ0) is 9.97. The molecule has 0 spiro atoms. The normalized spacial score (nSPS) is 13.5. The Labute approximate surface area is 85.9 Å². The van der Waals surface area contributed by atoms with Gasteiger partial charge in [0.05, 0.1) is 5.02 Å². The van der Waals surface area contributed by atoms with Crippen LogP contribution in [0.15, 0.2) is 18.2 Å². The minimum Gasteiger partial charge on any atom is -0.454 e. The molecule has 72 valence electrons. The van der Waals surface area contributed by atoms with E-state index in [9.17, 15) is 4.79 Å². The summed E-state index contributed by atoms with van der Waals surface area (Å²) in [4.78, 5) is 10.1. The number of rotatable bonds is 2. The molecule has 0 aromatic heterocycles. The van der Waals surface area contributed by atoms with E-state index in [1.165, 1.54) is 6.08 Å². The Morgan fingerprint density at radius 3 is 3.00 bits per heavy atom. The van der Waals surface area contributed by atoms with E-state index >= 15 is 0 Å². The third-order valence-corrected chi connectivity index (χ3v) is 2.10. The summed E-state index contributed by atoms with van der Waals surface area (Å²) in [5.41, 5.74) is 0.811. The van der Waals surface area contributed by atoms with Crippen LogP contribution in [0.2, 0.25) is 5.02 Å². The molecule has 1 aromatic carbocycles. The van der Waals surface area contributed by atoms with Crippen molar-refractivity contribution in [2.45, 2.75) is 0 Å². The topological polar surface area (TPSA) is 35.5 Å². The zero-order valence-corrected chi connectivity index (χ0v) is 7.95. The molecule has 1 aliphatic heterocycles. The molecule has 1 aliphatic rings. The van der Waals surface area contributed by atoms with Gasteiger partial charge in [0.1, 0.15) is 6.29 Å². The third-order valence-electron chi connectivity index (χ3n) is 1.82. The molecule has 1 aromatic rings. The van der Waals surface area contributed by atoms with Gasteiger partial charge >= 0.3 is 0 Å². The Balaban J connectivity index is 2.41. The zero-order valence-electron chi connectivity index (χ0n) is 7.20. The molecular weight excluding hydrogens is 204 g/mol. The molecular formula is C10H7ClO3. The Kier molecular flexibility index (Phi) is 2.41. The van der Waals surface area contributed by atoms with Crippen molar-refractivity contribution < 1.29 is 14.3 Å². The van der Waals surface area contributed by atoms with E-state index in [4.69, 9.17) is 21.1 Å². The first kappa shape index (κ1) is 9.09. The lowest BCUT2D eigenvalue weighted by Crippen LogP contribution is -1.93. The summed E-state index contributed by atoms with van der Waals surface area (Å²) in [6.45, 7) is 0.190. The van der Waals surface area contributed by atoms with E-state index in [-0.39, 0.29) is 6.79 Å². The van der Waals surface area contributed by atoms with Crippen LogP contribution in [0, 0.1) is 0 Å². The van der Waals surface area contributed by atoms with E-state index in [1.54, 1.807) is 18.2 Å². The minimum absolute atomic E-state index is 0.190. The largest absolute Gasteiger partial charge is 0.454 e. The van der Waals surface area contributed by atoms with Gasteiger partial charge in [-0.05, 0) is 23.8 Å². The highest BCUT2D eigenvalue weighted by Gasteiger charge is 2.17. The van der Waals surface area contributed by atoms with Crippen molar-refractivity contribution in [3.8, 4) is 11.5 Å². The Morgan fingerprint density at radius 2 is 2.21 bits per heavy atom. The number of allylic oxidation sites excluding steroid dienone is 1. The number of carbonyl (C=O) groups excluding carboxylic acids is 1. The predicted octanol–water partition coefficient (Wildman–Crippen LogP) is 2.28. The molecule has 0 saturated carbocycles. The molecule has 0 bridgehead atoms. The maximum absolute atomic E-state index is 10.1. The molecule has 0 aliphatic carbocycles. The monoisotopic (exact) mass is 210 g/mol. The second kappa shape index (κ2) is 3.72. The van der Waals surface area contributed by atoms with Gasteiger partial charge in [-0.3, -0.25) is 4.79 Å². The van der Waals surface area contributed by atoms with Crippen molar-refractivity contribution in [3.63, 3.8) is 0 Å². The van der Waals surface area contributed by atoms with Crippen molar-refractivity contribution >= 4 is 24.0 Å². The molecule has 0 atom stereocenters. The lowest BCUT2D eigenvalue weighted by molar-refractivity contribution is -0.104. The van der Waals surface area contributed by atoms with E-state index in [0.29, 0.717) is 22.8 Å². The van der Waals surface area contributed by atoms with Gasteiger partial charge in [0.25, 0.3) is 0 Å². The first-order valence-electron chi connectivity index (χ1n) is 4.02. The Bertz CT molecular complexity index is 399. The van der Waals surface area contributed by atoms with E-state index in [1.807, 2.05) is 0 Å². The highest BCUT2D eigenvalue weighted by atomic mass is 35.5. The van der Waals surface area contributed by atoms with Crippen LogP contribution in [-0.2, 0) is 4.79 Å². The van der Waals surface area contributed by atoms with Crippen molar-refractivity contribution in [1.82, 2.24) is 0 Å². The maximum Gasteiger partial charge on any atom is 0.231 e. The second-order valence-corrected chi connectivity index (χ2v) is 3.14. The van der Waals surface area contributed by atoms with Crippen molar-refractivity contribution in [2.75, 3.05) is 6.79 Å². The minimum atomic E-state index is 0.190. The number of carbonyl (C=O) groups is 1. The number of hydrogen-bond acceptors (Lipinski definition) is 3. The van der Waals surface area contributed by atoms with E-state index in [2.05, 4.69) is 0 Å². The summed E-state index contributed by atoms with van der Waals surface area (Å²) in [6.07, 6.45) is 3.76. The SMILES string of the molecule is O=CC=Cc1cc(Cl)c2c(c1)OCO2. The van der Waals surface area contributed by atoms with Gasteiger partial charge in [-0.1, -0.05) is 17.7 Å². The average Bonchev–Trinajstić information content (AvgIpc) is 2.63. The fraction of sp³-hybridized carbons (Fsp3) is 0.100. The van der Waals surface area contributed by atoms with Gasteiger partial charge in [-0.25, -0.2) is 0 Å². The number of aldehydes is 1. The van der Waals surface area contributed by atoms with Gasteiger partial charge in [0, 0.05) is 0 Å². The number of halogens is 1. The molecule has 0 saturated heterocycles. The lowest BCUT2D eigenvalue weighted by Gasteiger charge is -2.00. The molecule has 14 heavy (non-hydrogen) atoms. The summed E-state index contributed by atoms with van der Waals surface area (Å²) >= 11 is 5.93. The first-order chi connectivity index (χ1) is 6.81. The molecule has 1 heterocycles. The smallest absolute Gasteiger partial charge is 0.231 e. The summed E-state index contributed by atoms with van der Waals surface area (Å²) < 4.78 is 10.3. The van der Waals surface area contributed by atoms with Crippen LogP contribution in [0.5, 0.6) is 11.5 Å². The van der Waals surface area contributed by atoms with Crippen LogP contribution in [0.25, 0.3) is 6.08 Å². The molecule has 4 heteroatoms. The summed E-state index contributed by atoms with van der Waals surface area (Å²) in [7, 11) is 0. The number of fused-ring (bicyclic) bond motifs is 1. The van der Waals surface area contributed by atoms with E-state index in [0.717, 1.165) is 5.56 Å². The van der Waals surface area contributed by atoms with Gasteiger partial charge < -0.3 is 9.47 Å². The highest BCUT2D eigenvalue weighted by molar-refractivity contribution is 6.32. The average molecular weight is 211 g/mol. The van der Waals surface area contributed by atoms with Crippen LogP contribution in [-0.4, -0.2) is 13.1 Å². The van der Waals surface area contributed by atoms with Gasteiger partial charge in [0.2, 0.25) is 6.79 Å². The predicted molar refractivity (Wildman–Crippen MR) is 52.7 cm³/mol. The lowest BCUT2D eigenvalue weighted by atomic mass is 10.2. The highest BCUT2D eigenvalue weighted by Crippen LogP contribution is 2.39. The van der Waals surface area contributed by atoms with Crippen LogP contribution in [0.3, 0.4) is 0 Å². The Morgan fingerprint density at radius 1 is 1.36 bits per heavy atom. The van der Waals surface area contributed by atoms with Crippen LogP contribution >= 0.6 is 11.6 Å².